The molecule has 0 aliphatic heterocycles. The molecule has 0 atom stereocenters. The maximum absolute atomic E-state index is 11.6. The average molecular weight is 277 g/mol. The lowest BCUT2D eigenvalue weighted by Crippen LogP contribution is -2.27. The zero-order valence-electron chi connectivity index (χ0n) is 12.2. The predicted octanol–water partition coefficient (Wildman–Crippen LogP) is 2.68. The number of benzene rings is 1. The van der Waals surface area contributed by atoms with E-state index < -0.39 is 11.6 Å². The molecule has 1 rings (SSSR count). The van der Waals surface area contributed by atoms with E-state index in [1.807, 2.05) is 13.0 Å². The van der Waals surface area contributed by atoms with E-state index in [9.17, 15) is 4.79 Å². The molecule has 0 unspecified atom stereocenters. The van der Waals surface area contributed by atoms with Crippen LogP contribution in [0.2, 0.25) is 0 Å². The molecular weight excluding hydrogens is 258 g/mol. The first-order chi connectivity index (χ1) is 9.35. The fourth-order valence-corrected chi connectivity index (χ4v) is 1.47. The van der Waals surface area contributed by atoms with Crippen molar-refractivity contribution in [3.05, 3.63) is 23.8 Å². The summed E-state index contributed by atoms with van der Waals surface area (Å²) in [5, 5.41) is 8.85. The SMILES string of the molecule is CCOc1cc(C#N)ccc1OCC(=O)OC(C)(C)C. The van der Waals surface area contributed by atoms with Gasteiger partial charge in [-0.3, -0.25) is 0 Å². The fraction of sp³-hybridized carbons (Fsp3) is 0.467. The zero-order valence-corrected chi connectivity index (χ0v) is 12.2. The van der Waals surface area contributed by atoms with Crippen LogP contribution in [0.25, 0.3) is 0 Å². The van der Waals surface area contributed by atoms with Crippen molar-refractivity contribution in [3.63, 3.8) is 0 Å². The number of hydrogen-bond donors (Lipinski definition) is 0. The lowest BCUT2D eigenvalue weighted by atomic mass is 10.2. The van der Waals surface area contributed by atoms with Gasteiger partial charge in [0.1, 0.15) is 5.60 Å². The van der Waals surface area contributed by atoms with Gasteiger partial charge < -0.3 is 14.2 Å². The summed E-state index contributed by atoms with van der Waals surface area (Å²) in [5.41, 5.74) is -0.0773. The number of rotatable bonds is 5. The van der Waals surface area contributed by atoms with Gasteiger partial charge in [-0.25, -0.2) is 4.79 Å². The number of nitriles is 1. The molecule has 0 saturated carbocycles. The molecule has 0 aliphatic rings. The first-order valence-corrected chi connectivity index (χ1v) is 6.37. The number of nitrogens with zero attached hydrogens (tertiary/aromatic N) is 1. The van der Waals surface area contributed by atoms with E-state index in [2.05, 4.69) is 0 Å². The van der Waals surface area contributed by atoms with Crippen molar-refractivity contribution in [2.45, 2.75) is 33.3 Å². The molecule has 108 valence electrons. The quantitative estimate of drug-likeness (QED) is 0.774. The minimum absolute atomic E-state index is 0.205. The second kappa shape index (κ2) is 6.80. The standard InChI is InChI=1S/C15H19NO4/c1-5-18-13-8-11(9-16)6-7-12(13)19-10-14(17)20-15(2,3)4/h6-8H,5,10H2,1-4H3. The Labute approximate surface area is 119 Å². The van der Waals surface area contributed by atoms with Crippen molar-refractivity contribution in [1.82, 2.24) is 0 Å². The number of carbonyl (C=O) groups is 1. The van der Waals surface area contributed by atoms with Crippen molar-refractivity contribution in [3.8, 4) is 17.6 Å². The number of hydrogen-bond acceptors (Lipinski definition) is 5. The third-order valence-electron chi connectivity index (χ3n) is 2.14. The lowest BCUT2D eigenvalue weighted by Gasteiger charge is -2.19. The van der Waals surface area contributed by atoms with Gasteiger partial charge in [-0.05, 0) is 39.8 Å². The van der Waals surface area contributed by atoms with Crippen LogP contribution in [0.3, 0.4) is 0 Å². The molecule has 0 N–H and O–H groups in total. The summed E-state index contributed by atoms with van der Waals surface area (Å²) in [6, 6.07) is 6.81. The van der Waals surface area contributed by atoms with Gasteiger partial charge in [0.2, 0.25) is 0 Å². The summed E-state index contributed by atoms with van der Waals surface area (Å²) >= 11 is 0. The van der Waals surface area contributed by atoms with Gasteiger partial charge in [0.05, 0.1) is 18.2 Å². The Bertz CT molecular complexity index is 512. The summed E-state index contributed by atoms with van der Waals surface area (Å²) < 4.78 is 15.9. The van der Waals surface area contributed by atoms with Crippen LogP contribution in [0.15, 0.2) is 18.2 Å². The maximum atomic E-state index is 11.6. The molecule has 0 spiro atoms. The molecular formula is C15H19NO4. The first kappa shape index (κ1) is 15.8. The zero-order chi connectivity index (χ0) is 15.2. The number of ether oxygens (including phenoxy) is 3. The van der Waals surface area contributed by atoms with Gasteiger partial charge >= 0.3 is 5.97 Å². The second-order valence-corrected chi connectivity index (χ2v) is 5.08. The van der Waals surface area contributed by atoms with Gasteiger partial charge in [-0.15, -0.1) is 0 Å². The predicted molar refractivity (Wildman–Crippen MR) is 73.7 cm³/mol. The molecule has 5 heteroatoms. The number of carbonyl (C=O) groups excluding carboxylic acids is 1. The van der Waals surface area contributed by atoms with Crippen molar-refractivity contribution in [1.29, 1.82) is 5.26 Å². The second-order valence-electron chi connectivity index (χ2n) is 5.08. The van der Waals surface area contributed by atoms with Crippen LogP contribution < -0.4 is 9.47 Å². The summed E-state index contributed by atoms with van der Waals surface area (Å²) in [6.45, 7) is 7.44. The fourth-order valence-electron chi connectivity index (χ4n) is 1.47. The highest BCUT2D eigenvalue weighted by Gasteiger charge is 2.17. The van der Waals surface area contributed by atoms with Gasteiger partial charge in [-0.1, -0.05) is 0 Å². The summed E-state index contributed by atoms with van der Waals surface area (Å²) in [4.78, 5) is 11.6. The van der Waals surface area contributed by atoms with Crippen LogP contribution in [0.4, 0.5) is 0 Å². The highest BCUT2D eigenvalue weighted by Crippen LogP contribution is 2.28. The van der Waals surface area contributed by atoms with E-state index in [1.54, 1.807) is 39.0 Å². The highest BCUT2D eigenvalue weighted by atomic mass is 16.6. The number of esters is 1. The van der Waals surface area contributed by atoms with E-state index in [4.69, 9.17) is 19.5 Å². The first-order valence-electron chi connectivity index (χ1n) is 6.37. The molecule has 0 aromatic heterocycles. The molecule has 0 fully saturated rings. The van der Waals surface area contributed by atoms with E-state index >= 15 is 0 Å². The monoisotopic (exact) mass is 277 g/mol. The Kier molecular flexibility index (Phi) is 5.39. The van der Waals surface area contributed by atoms with Gasteiger partial charge in [-0.2, -0.15) is 5.26 Å². The minimum atomic E-state index is -0.548. The van der Waals surface area contributed by atoms with Crippen LogP contribution >= 0.6 is 0 Å². The van der Waals surface area contributed by atoms with Crippen molar-refractivity contribution in [2.24, 2.45) is 0 Å². The van der Waals surface area contributed by atoms with E-state index in [0.29, 0.717) is 23.7 Å². The summed E-state index contributed by atoms with van der Waals surface area (Å²) in [7, 11) is 0. The summed E-state index contributed by atoms with van der Waals surface area (Å²) in [5.74, 6) is 0.399. The smallest absolute Gasteiger partial charge is 0.344 e. The molecule has 0 radical (unpaired) electrons. The van der Waals surface area contributed by atoms with Gasteiger partial charge in [0.25, 0.3) is 0 Å². The van der Waals surface area contributed by atoms with Crippen LogP contribution in [0, 0.1) is 11.3 Å². The Morgan fingerprint density at radius 2 is 1.95 bits per heavy atom. The highest BCUT2D eigenvalue weighted by molar-refractivity contribution is 5.71. The van der Waals surface area contributed by atoms with E-state index in [0.717, 1.165) is 0 Å². The molecule has 1 aromatic carbocycles. The van der Waals surface area contributed by atoms with Crippen molar-refractivity contribution < 1.29 is 19.0 Å². The van der Waals surface area contributed by atoms with Crippen LogP contribution in [0.5, 0.6) is 11.5 Å². The summed E-state index contributed by atoms with van der Waals surface area (Å²) in [6.07, 6.45) is 0. The molecule has 5 nitrogen and oxygen atoms in total. The topological polar surface area (TPSA) is 68.5 Å². The Morgan fingerprint density at radius 1 is 1.25 bits per heavy atom. The normalized spacial score (nSPS) is 10.6. The average Bonchev–Trinajstić information content (AvgIpc) is 2.35. The minimum Gasteiger partial charge on any atom is -0.490 e. The van der Waals surface area contributed by atoms with Crippen molar-refractivity contribution >= 4 is 5.97 Å². The van der Waals surface area contributed by atoms with E-state index in [-0.39, 0.29) is 6.61 Å². The Balaban J connectivity index is 2.72. The molecule has 0 bridgehead atoms. The third kappa shape index (κ3) is 5.19. The largest absolute Gasteiger partial charge is 0.490 e. The van der Waals surface area contributed by atoms with Crippen molar-refractivity contribution in [2.75, 3.05) is 13.2 Å². The molecule has 1 aromatic rings. The van der Waals surface area contributed by atoms with E-state index in [1.165, 1.54) is 0 Å². The maximum Gasteiger partial charge on any atom is 0.344 e. The van der Waals surface area contributed by atoms with Gasteiger partial charge in [0.15, 0.2) is 18.1 Å². The Morgan fingerprint density at radius 3 is 2.50 bits per heavy atom. The third-order valence-corrected chi connectivity index (χ3v) is 2.14. The molecule has 0 heterocycles. The van der Waals surface area contributed by atoms with Crippen LogP contribution in [-0.4, -0.2) is 24.8 Å². The molecule has 20 heavy (non-hydrogen) atoms. The lowest BCUT2D eigenvalue weighted by molar-refractivity contribution is -0.157. The Hall–Kier alpha value is -2.22. The van der Waals surface area contributed by atoms with Gasteiger partial charge in [0, 0.05) is 6.07 Å². The van der Waals surface area contributed by atoms with Crippen LogP contribution in [-0.2, 0) is 9.53 Å². The molecule has 0 aliphatic carbocycles. The van der Waals surface area contributed by atoms with Crippen LogP contribution in [0.1, 0.15) is 33.3 Å². The molecule has 0 amide bonds. The molecule has 0 saturated heterocycles.